The zero-order valence-corrected chi connectivity index (χ0v) is 18.6. The summed E-state index contributed by atoms with van der Waals surface area (Å²) in [4.78, 5) is 23.6. The van der Waals surface area contributed by atoms with Crippen molar-refractivity contribution in [3.63, 3.8) is 0 Å². The Kier molecular flexibility index (Phi) is 7.10. The Morgan fingerprint density at radius 3 is 2.19 bits per heavy atom. The van der Waals surface area contributed by atoms with Gasteiger partial charge in [0.2, 0.25) is 5.95 Å². The van der Waals surface area contributed by atoms with Gasteiger partial charge in [-0.25, -0.2) is 4.98 Å². The lowest BCUT2D eigenvalue weighted by molar-refractivity contribution is -0.274. The lowest BCUT2D eigenvalue weighted by atomic mass is 9.91. The Morgan fingerprint density at radius 1 is 1.03 bits per heavy atom. The van der Waals surface area contributed by atoms with Crippen LogP contribution in [0.25, 0.3) is 0 Å². The second-order valence-corrected chi connectivity index (χ2v) is 8.21. The summed E-state index contributed by atoms with van der Waals surface area (Å²) in [7, 11) is 3.90. The second kappa shape index (κ2) is 9.62. The zero-order valence-electron chi connectivity index (χ0n) is 18.6. The molecule has 0 spiro atoms. The molecule has 1 aliphatic carbocycles. The number of nitrogens with zero attached hydrogens (tertiary/aromatic N) is 3. The Balaban J connectivity index is 1.51. The van der Waals surface area contributed by atoms with Crippen LogP contribution in [0.3, 0.4) is 0 Å². The van der Waals surface area contributed by atoms with Crippen LogP contribution in [-0.4, -0.2) is 48.4 Å². The first-order chi connectivity index (χ1) is 15.0. The molecule has 0 atom stereocenters. The van der Waals surface area contributed by atoms with Crippen LogP contribution < -0.4 is 20.3 Å². The molecule has 1 heterocycles. The molecule has 1 aliphatic rings. The van der Waals surface area contributed by atoms with Crippen LogP contribution >= 0.6 is 0 Å². The van der Waals surface area contributed by atoms with Crippen LogP contribution in [0, 0.1) is 13.8 Å². The summed E-state index contributed by atoms with van der Waals surface area (Å²) in [5, 5.41) is 6.37. The maximum absolute atomic E-state index is 12.4. The predicted octanol–water partition coefficient (Wildman–Crippen LogP) is 4.21. The van der Waals surface area contributed by atoms with Crippen LogP contribution in [0.2, 0.25) is 0 Å². The second-order valence-electron chi connectivity index (χ2n) is 8.21. The Bertz CT molecular complexity index is 940. The molecule has 1 amide bonds. The normalized spacial score (nSPS) is 18.7. The smallest absolute Gasteiger partial charge is 0.406 e. The first-order valence-electron chi connectivity index (χ1n) is 10.5. The molecule has 0 unspecified atom stereocenters. The number of alkyl halides is 3. The van der Waals surface area contributed by atoms with Crippen LogP contribution in [0.4, 0.5) is 24.9 Å². The highest BCUT2D eigenvalue weighted by Gasteiger charge is 2.31. The van der Waals surface area contributed by atoms with E-state index >= 15 is 0 Å². The number of nitrogens with one attached hydrogen (secondary N) is 2. The molecule has 1 aromatic heterocycles. The Morgan fingerprint density at radius 2 is 1.62 bits per heavy atom. The summed E-state index contributed by atoms with van der Waals surface area (Å²) >= 11 is 0. The largest absolute Gasteiger partial charge is 0.573 e. The number of hydrogen-bond acceptors (Lipinski definition) is 6. The average Bonchev–Trinajstić information content (AvgIpc) is 2.71. The summed E-state index contributed by atoms with van der Waals surface area (Å²) in [6, 6.07) is 5.12. The van der Waals surface area contributed by atoms with Gasteiger partial charge in [0.1, 0.15) is 11.6 Å². The minimum absolute atomic E-state index is 0.00431. The molecule has 0 saturated heterocycles. The van der Waals surface area contributed by atoms with Gasteiger partial charge >= 0.3 is 6.36 Å². The molecular weight excluding hydrogens is 423 g/mol. The molecular formula is C22H28F3N5O2. The quantitative estimate of drug-likeness (QED) is 0.685. The standard InChI is InChI=1S/C22H28F3N5O2/c1-13-14(2)26-21(29-19(13)30(3)4)28-17-9-7-16(8-10-17)27-20(31)15-5-11-18(12-6-15)32-22(23,24)25/h5-6,11-12,16-17H,7-10H2,1-4H3,(H,27,31)(H,26,28,29). The number of hydrogen-bond donors (Lipinski definition) is 2. The molecule has 32 heavy (non-hydrogen) atoms. The summed E-state index contributed by atoms with van der Waals surface area (Å²) in [6.45, 7) is 3.96. The van der Waals surface area contributed by atoms with Crippen molar-refractivity contribution in [2.75, 3.05) is 24.3 Å². The van der Waals surface area contributed by atoms with Crippen LogP contribution in [0.5, 0.6) is 5.75 Å². The molecule has 174 valence electrons. The lowest BCUT2D eigenvalue weighted by Crippen LogP contribution is -2.40. The van der Waals surface area contributed by atoms with Crippen LogP contribution in [0.1, 0.15) is 47.3 Å². The van der Waals surface area contributed by atoms with Crippen molar-refractivity contribution in [3.05, 3.63) is 41.1 Å². The van der Waals surface area contributed by atoms with Gasteiger partial charge in [-0.2, -0.15) is 4.98 Å². The molecule has 0 bridgehead atoms. The van der Waals surface area contributed by atoms with E-state index in [1.165, 1.54) is 12.1 Å². The van der Waals surface area contributed by atoms with Crippen molar-refractivity contribution in [1.82, 2.24) is 15.3 Å². The van der Waals surface area contributed by atoms with Gasteiger partial charge in [-0.1, -0.05) is 0 Å². The molecule has 3 rings (SSSR count). The lowest BCUT2D eigenvalue weighted by Gasteiger charge is -2.30. The maximum Gasteiger partial charge on any atom is 0.573 e. The molecule has 7 nitrogen and oxygen atoms in total. The van der Waals surface area contributed by atoms with E-state index in [4.69, 9.17) is 0 Å². The molecule has 1 fully saturated rings. The van der Waals surface area contributed by atoms with Crippen molar-refractivity contribution >= 4 is 17.7 Å². The molecule has 2 N–H and O–H groups in total. The summed E-state index contributed by atoms with van der Waals surface area (Å²) < 4.78 is 40.6. The topological polar surface area (TPSA) is 79.4 Å². The van der Waals surface area contributed by atoms with Gasteiger partial charge < -0.3 is 20.3 Å². The fourth-order valence-corrected chi connectivity index (χ4v) is 3.76. The van der Waals surface area contributed by atoms with Gasteiger partial charge in [-0.3, -0.25) is 4.79 Å². The van der Waals surface area contributed by atoms with E-state index in [-0.39, 0.29) is 23.7 Å². The third kappa shape index (κ3) is 6.24. The molecule has 2 aromatic rings. The Hall–Kier alpha value is -3.04. The number of carbonyl (C=O) groups is 1. The van der Waals surface area contributed by atoms with E-state index in [1.807, 2.05) is 32.8 Å². The highest BCUT2D eigenvalue weighted by atomic mass is 19.4. The number of aryl methyl sites for hydroxylation is 1. The first-order valence-corrected chi connectivity index (χ1v) is 10.5. The van der Waals surface area contributed by atoms with E-state index in [9.17, 15) is 18.0 Å². The van der Waals surface area contributed by atoms with E-state index in [0.29, 0.717) is 11.5 Å². The van der Waals surface area contributed by atoms with Gasteiger partial charge in [-0.15, -0.1) is 13.2 Å². The van der Waals surface area contributed by atoms with Crippen molar-refractivity contribution < 1.29 is 22.7 Å². The van der Waals surface area contributed by atoms with E-state index < -0.39 is 6.36 Å². The highest BCUT2D eigenvalue weighted by molar-refractivity contribution is 5.94. The van der Waals surface area contributed by atoms with E-state index in [1.54, 1.807) is 0 Å². The van der Waals surface area contributed by atoms with E-state index in [2.05, 4.69) is 25.3 Å². The highest BCUT2D eigenvalue weighted by Crippen LogP contribution is 2.25. The molecule has 0 radical (unpaired) electrons. The number of halogens is 3. The van der Waals surface area contributed by atoms with Crippen LogP contribution in [-0.2, 0) is 0 Å². The van der Waals surface area contributed by atoms with Gasteiger partial charge in [-0.05, 0) is 63.8 Å². The van der Waals surface area contributed by atoms with Gasteiger partial charge in [0.15, 0.2) is 0 Å². The zero-order chi connectivity index (χ0) is 23.5. The summed E-state index contributed by atoms with van der Waals surface area (Å²) in [6.07, 6.45) is -1.51. The van der Waals surface area contributed by atoms with E-state index in [0.717, 1.165) is 54.9 Å². The number of amides is 1. The summed E-state index contributed by atoms with van der Waals surface area (Å²) in [5.74, 6) is 0.817. The van der Waals surface area contributed by atoms with Gasteiger partial charge in [0.05, 0.1) is 0 Å². The minimum Gasteiger partial charge on any atom is -0.406 e. The number of benzene rings is 1. The summed E-state index contributed by atoms with van der Waals surface area (Å²) in [5.41, 5.74) is 2.27. The molecule has 10 heteroatoms. The fourth-order valence-electron chi connectivity index (χ4n) is 3.76. The van der Waals surface area contributed by atoms with Crippen LogP contribution in [0.15, 0.2) is 24.3 Å². The van der Waals surface area contributed by atoms with Gasteiger partial charge in [0, 0.05) is 43.0 Å². The maximum atomic E-state index is 12.4. The Labute approximate surface area is 185 Å². The monoisotopic (exact) mass is 451 g/mol. The number of ether oxygens (including phenoxy) is 1. The van der Waals surface area contributed by atoms with Crippen molar-refractivity contribution in [2.45, 2.75) is 58.0 Å². The van der Waals surface area contributed by atoms with Crippen molar-refractivity contribution in [1.29, 1.82) is 0 Å². The predicted molar refractivity (Wildman–Crippen MR) is 116 cm³/mol. The molecule has 1 aromatic carbocycles. The average molecular weight is 451 g/mol. The fraction of sp³-hybridized carbons (Fsp3) is 0.500. The SMILES string of the molecule is Cc1nc(NC2CCC(NC(=O)c3ccc(OC(F)(F)F)cc3)CC2)nc(N(C)C)c1C. The first kappa shape index (κ1) is 23.6. The van der Waals surface area contributed by atoms with Crippen molar-refractivity contribution in [3.8, 4) is 5.75 Å². The number of anilines is 2. The number of aromatic nitrogens is 2. The van der Waals surface area contributed by atoms with Gasteiger partial charge in [0.25, 0.3) is 5.91 Å². The number of carbonyl (C=O) groups excluding carboxylic acids is 1. The minimum atomic E-state index is -4.76. The molecule has 0 aliphatic heterocycles. The third-order valence-electron chi connectivity index (χ3n) is 5.53. The number of rotatable bonds is 6. The molecule has 1 saturated carbocycles. The van der Waals surface area contributed by atoms with Crippen molar-refractivity contribution in [2.24, 2.45) is 0 Å². The third-order valence-corrected chi connectivity index (χ3v) is 5.53.